The van der Waals surface area contributed by atoms with E-state index in [0.717, 1.165) is 18.2 Å². The van der Waals surface area contributed by atoms with Crippen molar-refractivity contribution in [2.24, 2.45) is 0 Å². The molecule has 1 heterocycles. The number of carbonyl (C=O) groups excluding carboxylic acids is 1. The molecule has 2 unspecified atom stereocenters. The van der Waals surface area contributed by atoms with E-state index in [4.69, 9.17) is 21.7 Å². The van der Waals surface area contributed by atoms with Gasteiger partial charge in [0.1, 0.15) is 23.4 Å². The van der Waals surface area contributed by atoms with Gasteiger partial charge in [0.15, 0.2) is 5.11 Å². The van der Waals surface area contributed by atoms with Gasteiger partial charge in [-0.3, -0.25) is 9.69 Å². The van der Waals surface area contributed by atoms with Crippen LogP contribution in [0.5, 0.6) is 17.2 Å². The Labute approximate surface area is 248 Å². The van der Waals surface area contributed by atoms with Crippen LogP contribution in [0, 0.1) is 0 Å². The lowest BCUT2D eigenvalue weighted by Crippen LogP contribution is -2.41. The number of hydrogen-bond acceptors (Lipinski definition) is 7. The van der Waals surface area contributed by atoms with Crippen LogP contribution in [0.4, 0.5) is 32.0 Å². The molecule has 2 aromatic carbocycles. The maximum atomic E-state index is 13.0. The molecule has 1 aliphatic heterocycles. The minimum atomic E-state index is -4.99. The molecule has 0 spiro atoms. The van der Waals surface area contributed by atoms with Gasteiger partial charge in [-0.15, -0.1) is 26.3 Å². The first-order valence-corrected chi connectivity index (χ1v) is 13.8. The van der Waals surface area contributed by atoms with Crippen LogP contribution >= 0.6 is 12.2 Å². The molecular formula is C27H30F6N4O5S. The van der Waals surface area contributed by atoms with Crippen LogP contribution in [0.25, 0.3) is 0 Å². The number of amides is 1. The van der Waals surface area contributed by atoms with E-state index in [2.05, 4.69) is 30.3 Å². The summed E-state index contributed by atoms with van der Waals surface area (Å²) in [6, 6.07) is 8.65. The summed E-state index contributed by atoms with van der Waals surface area (Å²) in [6.45, 7) is 3.28. The van der Waals surface area contributed by atoms with Gasteiger partial charge in [0.2, 0.25) is 0 Å². The molecule has 3 N–H and O–H groups in total. The van der Waals surface area contributed by atoms with Gasteiger partial charge in [-0.2, -0.15) is 0 Å². The molecule has 2 aliphatic rings. The molecular weight excluding hydrogens is 606 g/mol. The Morgan fingerprint density at radius 3 is 2.44 bits per heavy atom. The van der Waals surface area contributed by atoms with Crippen molar-refractivity contribution < 1.29 is 50.1 Å². The standard InChI is InChI=1S/C27H30F6N4O5S/c28-26(29,30)41-21-3-1-2-17(15-21)35-25(43)36-18-4-5-19(14-18)40-20-6-7-23(42-27(31,32)33)22(16-20)24(38)34-8-9-37-10-12-39-13-11-37/h1-3,6-7,15-16,18-19H,4-5,8-14H2,(H,34,38)(H2,35,36,43). The Hall–Kier alpha value is -3.50. The Balaban J connectivity index is 1.31. The van der Waals surface area contributed by atoms with Gasteiger partial charge in [-0.05, 0) is 55.4 Å². The highest BCUT2D eigenvalue weighted by molar-refractivity contribution is 7.80. The lowest BCUT2D eigenvalue weighted by molar-refractivity contribution is -0.275. The van der Waals surface area contributed by atoms with Crippen LogP contribution in [0.3, 0.4) is 0 Å². The van der Waals surface area contributed by atoms with Crippen LogP contribution in [-0.4, -0.2) is 80.2 Å². The van der Waals surface area contributed by atoms with Gasteiger partial charge in [-0.1, -0.05) is 6.07 Å². The van der Waals surface area contributed by atoms with Crippen LogP contribution in [0.15, 0.2) is 42.5 Å². The van der Waals surface area contributed by atoms with Gasteiger partial charge in [0.05, 0.1) is 18.8 Å². The maximum Gasteiger partial charge on any atom is 0.573 e. The second-order valence-corrected chi connectivity index (χ2v) is 10.2. The average Bonchev–Trinajstić information content (AvgIpc) is 3.34. The normalized spacial score (nSPS) is 19.4. The molecule has 2 fully saturated rings. The molecule has 1 amide bonds. The van der Waals surface area contributed by atoms with E-state index in [1.165, 1.54) is 24.3 Å². The molecule has 2 aromatic rings. The molecule has 1 aliphatic carbocycles. The molecule has 4 rings (SSSR count). The predicted molar refractivity (Wildman–Crippen MR) is 147 cm³/mol. The first-order valence-electron chi connectivity index (χ1n) is 13.4. The summed E-state index contributed by atoms with van der Waals surface area (Å²) in [5.41, 5.74) is -0.0199. The zero-order valence-electron chi connectivity index (χ0n) is 22.7. The summed E-state index contributed by atoms with van der Waals surface area (Å²) in [7, 11) is 0. The van der Waals surface area contributed by atoms with Crippen molar-refractivity contribution in [1.82, 2.24) is 15.5 Å². The van der Waals surface area contributed by atoms with Gasteiger partial charge in [0, 0.05) is 50.4 Å². The third-order valence-electron chi connectivity index (χ3n) is 6.59. The highest BCUT2D eigenvalue weighted by Gasteiger charge is 2.34. The van der Waals surface area contributed by atoms with Crippen molar-refractivity contribution in [3.8, 4) is 17.2 Å². The van der Waals surface area contributed by atoms with E-state index < -0.39 is 30.1 Å². The predicted octanol–water partition coefficient (Wildman–Crippen LogP) is 4.83. The number of carbonyl (C=O) groups is 1. The fourth-order valence-corrected chi connectivity index (χ4v) is 5.00. The number of morpholine rings is 1. The van der Waals surface area contributed by atoms with Crippen molar-refractivity contribution in [2.45, 2.75) is 44.1 Å². The summed E-state index contributed by atoms with van der Waals surface area (Å²) < 4.78 is 95.7. The Bertz CT molecular complexity index is 1260. The van der Waals surface area contributed by atoms with Gasteiger partial charge >= 0.3 is 12.7 Å². The van der Waals surface area contributed by atoms with Crippen molar-refractivity contribution in [1.29, 1.82) is 0 Å². The number of nitrogens with zero attached hydrogens (tertiary/aromatic N) is 1. The highest BCUT2D eigenvalue weighted by atomic mass is 32.1. The number of ether oxygens (including phenoxy) is 4. The lowest BCUT2D eigenvalue weighted by Gasteiger charge is -2.26. The molecule has 1 saturated carbocycles. The van der Waals surface area contributed by atoms with E-state index in [9.17, 15) is 31.1 Å². The second-order valence-electron chi connectivity index (χ2n) is 9.84. The number of anilines is 1. The number of rotatable bonds is 10. The third kappa shape index (κ3) is 10.9. The minimum absolute atomic E-state index is 0.143. The number of nitrogens with one attached hydrogen (secondary N) is 3. The minimum Gasteiger partial charge on any atom is -0.490 e. The molecule has 0 aromatic heterocycles. The zero-order chi connectivity index (χ0) is 31.0. The molecule has 0 bridgehead atoms. The first kappa shape index (κ1) is 32.4. The van der Waals surface area contributed by atoms with Crippen molar-refractivity contribution >= 4 is 28.9 Å². The van der Waals surface area contributed by atoms with Crippen molar-refractivity contribution in [3.63, 3.8) is 0 Å². The van der Waals surface area contributed by atoms with E-state index in [1.807, 2.05) is 0 Å². The van der Waals surface area contributed by atoms with Gasteiger partial charge < -0.3 is 34.9 Å². The molecule has 236 valence electrons. The molecule has 1 saturated heterocycles. The molecule has 2 atom stereocenters. The fourth-order valence-electron chi connectivity index (χ4n) is 4.72. The van der Waals surface area contributed by atoms with E-state index >= 15 is 0 Å². The summed E-state index contributed by atoms with van der Waals surface area (Å²) in [4.78, 5) is 14.9. The molecule has 0 radical (unpaired) electrons. The molecule has 43 heavy (non-hydrogen) atoms. The summed E-state index contributed by atoms with van der Waals surface area (Å²) in [5, 5.41) is 8.71. The third-order valence-corrected chi connectivity index (χ3v) is 6.81. The van der Waals surface area contributed by atoms with E-state index in [1.54, 1.807) is 0 Å². The van der Waals surface area contributed by atoms with E-state index in [0.29, 0.717) is 57.8 Å². The van der Waals surface area contributed by atoms with Crippen LogP contribution < -0.4 is 30.2 Å². The number of halogens is 6. The number of hydrogen-bond donors (Lipinski definition) is 3. The van der Waals surface area contributed by atoms with E-state index in [-0.39, 0.29) is 35.1 Å². The highest BCUT2D eigenvalue weighted by Crippen LogP contribution is 2.32. The summed E-state index contributed by atoms with van der Waals surface area (Å²) in [6.07, 6.45) is -8.47. The van der Waals surface area contributed by atoms with Crippen LogP contribution in [0.2, 0.25) is 0 Å². The van der Waals surface area contributed by atoms with Crippen LogP contribution in [-0.2, 0) is 4.74 Å². The Kier molecular flexibility index (Phi) is 10.8. The number of thiocarbonyl (C=S) groups is 1. The molecule has 9 nitrogen and oxygen atoms in total. The van der Waals surface area contributed by atoms with Crippen molar-refractivity contribution in [2.75, 3.05) is 44.7 Å². The number of alkyl halides is 6. The zero-order valence-corrected chi connectivity index (χ0v) is 23.5. The second kappa shape index (κ2) is 14.3. The van der Waals surface area contributed by atoms with Gasteiger partial charge in [0.25, 0.3) is 5.91 Å². The largest absolute Gasteiger partial charge is 0.573 e. The van der Waals surface area contributed by atoms with Crippen LogP contribution in [0.1, 0.15) is 29.6 Å². The Morgan fingerprint density at radius 2 is 1.72 bits per heavy atom. The molecule has 16 heteroatoms. The SMILES string of the molecule is O=C(NCCN1CCOCC1)c1cc(OC2CCC(NC(=S)Nc3cccc(OC(F)(F)F)c3)C2)ccc1OC(F)(F)F. The first-order chi connectivity index (χ1) is 20.3. The maximum absolute atomic E-state index is 13.0. The fraction of sp³-hybridized carbons (Fsp3) is 0.481. The lowest BCUT2D eigenvalue weighted by atomic mass is 10.1. The number of benzene rings is 2. The summed E-state index contributed by atoms with van der Waals surface area (Å²) in [5.74, 6) is -1.58. The smallest absolute Gasteiger partial charge is 0.490 e. The average molecular weight is 637 g/mol. The topological polar surface area (TPSA) is 93.3 Å². The van der Waals surface area contributed by atoms with Gasteiger partial charge in [-0.25, -0.2) is 0 Å². The Morgan fingerprint density at radius 1 is 0.977 bits per heavy atom. The van der Waals surface area contributed by atoms with Crippen molar-refractivity contribution in [3.05, 3.63) is 48.0 Å². The quantitative estimate of drug-likeness (QED) is 0.251. The monoisotopic (exact) mass is 636 g/mol. The summed E-state index contributed by atoms with van der Waals surface area (Å²) >= 11 is 5.29.